The topological polar surface area (TPSA) is 25.4 Å². The molecule has 1 fully saturated rings. The van der Waals surface area contributed by atoms with Crippen molar-refractivity contribution < 1.29 is 13.5 Å². The first-order valence-electron chi connectivity index (χ1n) is 7.25. The molecule has 0 aliphatic carbocycles. The molecule has 1 saturated heterocycles. The van der Waals surface area contributed by atoms with E-state index >= 15 is 0 Å². The van der Waals surface area contributed by atoms with E-state index in [0.29, 0.717) is 17.9 Å². The van der Waals surface area contributed by atoms with Crippen molar-refractivity contribution in [3.8, 4) is 0 Å². The quantitative estimate of drug-likeness (QED) is 0.864. The van der Waals surface area contributed by atoms with E-state index in [1.165, 1.54) is 6.07 Å². The Hall–Kier alpha value is -1.75. The van der Waals surface area contributed by atoms with Gasteiger partial charge in [0.1, 0.15) is 11.3 Å². The molecule has 2 heterocycles. The fraction of sp³-hybridized carbons (Fsp3) is 0.438. The number of fused-ring (bicyclic) bond motifs is 1. The Morgan fingerprint density at radius 1 is 1.38 bits per heavy atom. The zero-order valence-corrected chi connectivity index (χ0v) is 12.0. The molecule has 0 bridgehead atoms. The van der Waals surface area contributed by atoms with E-state index in [9.17, 15) is 8.78 Å². The van der Waals surface area contributed by atoms with Crippen molar-refractivity contribution in [1.29, 1.82) is 0 Å². The van der Waals surface area contributed by atoms with Crippen molar-refractivity contribution >= 4 is 16.6 Å². The molecule has 1 aromatic carbocycles. The van der Waals surface area contributed by atoms with E-state index in [0.717, 1.165) is 37.9 Å². The van der Waals surface area contributed by atoms with Crippen LogP contribution < -0.4 is 4.90 Å². The maximum absolute atomic E-state index is 13.8. The van der Waals surface area contributed by atoms with Crippen molar-refractivity contribution in [3.05, 3.63) is 36.0 Å². The molecule has 0 saturated carbocycles. The number of anilines is 1. The van der Waals surface area contributed by atoms with Crippen LogP contribution in [0.5, 0.6) is 0 Å². The van der Waals surface area contributed by atoms with Crippen LogP contribution in [-0.2, 0) is 4.74 Å². The van der Waals surface area contributed by atoms with E-state index in [4.69, 9.17) is 4.74 Å². The normalized spacial score (nSPS) is 18.6. The fourth-order valence-corrected chi connectivity index (χ4v) is 2.91. The van der Waals surface area contributed by atoms with Gasteiger partial charge in [0.25, 0.3) is 0 Å². The number of rotatable bonds is 4. The summed E-state index contributed by atoms with van der Waals surface area (Å²) in [7, 11) is 0. The van der Waals surface area contributed by atoms with E-state index < -0.39 is 11.6 Å². The summed E-state index contributed by atoms with van der Waals surface area (Å²) in [6.45, 7) is 5.14. The van der Waals surface area contributed by atoms with Crippen LogP contribution in [0.25, 0.3) is 10.9 Å². The molecule has 1 unspecified atom stereocenters. The van der Waals surface area contributed by atoms with Crippen molar-refractivity contribution in [2.24, 2.45) is 5.92 Å². The minimum Gasteiger partial charge on any atom is -0.381 e. The zero-order chi connectivity index (χ0) is 14.8. The van der Waals surface area contributed by atoms with Gasteiger partial charge in [0, 0.05) is 49.0 Å². The number of pyridine rings is 1. The number of ether oxygens (including phenoxy) is 1. The summed E-state index contributed by atoms with van der Waals surface area (Å²) >= 11 is 0. The van der Waals surface area contributed by atoms with Crippen LogP contribution in [-0.4, -0.2) is 31.3 Å². The van der Waals surface area contributed by atoms with Crippen molar-refractivity contribution in [2.75, 3.05) is 31.2 Å². The zero-order valence-electron chi connectivity index (χ0n) is 12.0. The summed E-state index contributed by atoms with van der Waals surface area (Å²) in [6, 6.07) is 4.06. The highest BCUT2D eigenvalue weighted by molar-refractivity contribution is 5.92. The predicted octanol–water partition coefficient (Wildman–Crippen LogP) is 3.38. The van der Waals surface area contributed by atoms with Gasteiger partial charge in [0.05, 0.1) is 6.61 Å². The predicted molar refractivity (Wildman–Crippen MR) is 78.5 cm³/mol. The van der Waals surface area contributed by atoms with Gasteiger partial charge in [0.15, 0.2) is 5.82 Å². The lowest BCUT2D eigenvalue weighted by molar-refractivity contribution is 0.117. The van der Waals surface area contributed by atoms with Crippen LogP contribution in [0.4, 0.5) is 14.5 Å². The largest absolute Gasteiger partial charge is 0.381 e. The highest BCUT2D eigenvalue weighted by Crippen LogP contribution is 2.31. The van der Waals surface area contributed by atoms with Gasteiger partial charge in [-0.25, -0.2) is 8.78 Å². The van der Waals surface area contributed by atoms with Crippen LogP contribution in [0.3, 0.4) is 0 Å². The smallest absolute Gasteiger partial charge is 0.152 e. The molecule has 1 aliphatic heterocycles. The molecule has 0 amide bonds. The molecule has 21 heavy (non-hydrogen) atoms. The maximum Gasteiger partial charge on any atom is 0.152 e. The third-order valence-electron chi connectivity index (χ3n) is 3.92. The van der Waals surface area contributed by atoms with Crippen LogP contribution in [0.15, 0.2) is 24.4 Å². The molecule has 3 nitrogen and oxygen atoms in total. The number of aromatic nitrogens is 1. The lowest BCUT2D eigenvalue weighted by Gasteiger charge is -2.20. The molecule has 1 aliphatic rings. The molecule has 0 spiro atoms. The summed E-state index contributed by atoms with van der Waals surface area (Å²) in [6.07, 6.45) is 2.61. The van der Waals surface area contributed by atoms with Crippen LogP contribution >= 0.6 is 0 Å². The highest BCUT2D eigenvalue weighted by Gasteiger charge is 2.24. The Morgan fingerprint density at radius 3 is 3.05 bits per heavy atom. The van der Waals surface area contributed by atoms with Crippen molar-refractivity contribution in [1.82, 2.24) is 4.98 Å². The fourth-order valence-electron chi connectivity index (χ4n) is 2.91. The molecule has 5 heteroatoms. The maximum atomic E-state index is 13.8. The minimum absolute atomic E-state index is 0.224. The summed E-state index contributed by atoms with van der Waals surface area (Å²) in [5.74, 6) is -0.720. The Labute approximate surface area is 122 Å². The SMILES string of the molecule is CCOCC1CCN(c2ccnc3c(F)cc(F)cc23)C1. The molecular formula is C16H18F2N2O. The molecular weight excluding hydrogens is 274 g/mol. The van der Waals surface area contributed by atoms with Gasteiger partial charge >= 0.3 is 0 Å². The average molecular weight is 292 g/mol. The average Bonchev–Trinajstić information content (AvgIpc) is 2.93. The highest BCUT2D eigenvalue weighted by atomic mass is 19.1. The molecule has 0 radical (unpaired) electrons. The molecule has 2 aromatic rings. The van der Waals surface area contributed by atoms with Gasteiger partial charge < -0.3 is 9.64 Å². The Bertz CT molecular complexity index is 647. The van der Waals surface area contributed by atoms with E-state index in [1.54, 1.807) is 6.20 Å². The Kier molecular flexibility index (Phi) is 4.01. The number of hydrogen-bond donors (Lipinski definition) is 0. The van der Waals surface area contributed by atoms with Gasteiger partial charge in [-0.15, -0.1) is 0 Å². The van der Waals surface area contributed by atoms with Gasteiger partial charge in [-0.3, -0.25) is 4.98 Å². The molecule has 112 valence electrons. The number of benzene rings is 1. The molecule has 3 rings (SSSR count). The first-order valence-corrected chi connectivity index (χ1v) is 7.25. The van der Waals surface area contributed by atoms with Crippen molar-refractivity contribution in [3.63, 3.8) is 0 Å². The van der Waals surface area contributed by atoms with Gasteiger partial charge in [0.2, 0.25) is 0 Å². The number of hydrogen-bond acceptors (Lipinski definition) is 3. The third-order valence-corrected chi connectivity index (χ3v) is 3.92. The van der Waals surface area contributed by atoms with E-state index in [1.807, 2.05) is 13.0 Å². The van der Waals surface area contributed by atoms with Crippen LogP contribution in [0.2, 0.25) is 0 Å². The second kappa shape index (κ2) is 5.93. The lowest BCUT2D eigenvalue weighted by Crippen LogP contribution is -2.21. The number of nitrogens with zero attached hydrogens (tertiary/aromatic N) is 2. The minimum atomic E-state index is -0.614. The van der Waals surface area contributed by atoms with Gasteiger partial charge in [-0.05, 0) is 25.5 Å². The van der Waals surface area contributed by atoms with Gasteiger partial charge in [-0.1, -0.05) is 0 Å². The summed E-state index contributed by atoms with van der Waals surface area (Å²) < 4.78 is 32.8. The molecule has 1 atom stereocenters. The monoisotopic (exact) mass is 292 g/mol. The van der Waals surface area contributed by atoms with E-state index in [-0.39, 0.29) is 5.52 Å². The van der Waals surface area contributed by atoms with Crippen LogP contribution in [0.1, 0.15) is 13.3 Å². The third kappa shape index (κ3) is 2.83. The number of halogens is 2. The second-order valence-corrected chi connectivity index (χ2v) is 5.37. The van der Waals surface area contributed by atoms with Crippen molar-refractivity contribution in [2.45, 2.75) is 13.3 Å². The summed E-state index contributed by atoms with van der Waals surface area (Å²) in [4.78, 5) is 6.19. The van der Waals surface area contributed by atoms with Crippen LogP contribution in [0, 0.1) is 17.6 Å². The first kappa shape index (κ1) is 14.2. The lowest BCUT2D eigenvalue weighted by atomic mass is 10.1. The Morgan fingerprint density at radius 2 is 2.24 bits per heavy atom. The second-order valence-electron chi connectivity index (χ2n) is 5.37. The summed E-state index contributed by atoms with van der Waals surface area (Å²) in [5, 5.41) is 0.534. The first-order chi connectivity index (χ1) is 10.2. The molecule has 1 aromatic heterocycles. The van der Waals surface area contributed by atoms with Gasteiger partial charge in [-0.2, -0.15) is 0 Å². The Balaban J connectivity index is 1.91. The summed E-state index contributed by atoms with van der Waals surface area (Å²) in [5.41, 5.74) is 1.07. The van der Waals surface area contributed by atoms with E-state index in [2.05, 4.69) is 9.88 Å². The standard InChI is InChI=1S/C16H18F2N2O/c1-2-21-10-11-4-6-20(9-11)15-3-5-19-16-13(15)7-12(17)8-14(16)18/h3,5,7-8,11H,2,4,6,9-10H2,1H3. The molecule has 0 N–H and O–H groups in total.